The molecule has 0 spiro atoms. The fourth-order valence-electron chi connectivity index (χ4n) is 0. The van der Waals surface area contributed by atoms with Crippen molar-refractivity contribution in [1.82, 2.24) is 0 Å². The van der Waals surface area contributed by atoms with Gasteiger partial charge in [0, 0.05) is 0 Å². The SMILES string of the molecule is [B][C@@H](N)CC. The summed E-state index contributed by atoms with van der Waals surface area (Å²) < 4.78 is 0. The van der Waals surface area contributed by atoms with E-state index in [-0.39, 0.29) is 5.94 Å². The first-order chi connectivity index (χ1) is 2.27. The Kier molecular flexibility index (Phi) is 2.28. The number of nitrogens with two attached hydrogens (primary N) is 1. The third-order valence-corrected chi connectivity index (χ3v) is 0.471. The Balaban J connectivity index is 2.54. The topological polar surface area (TPSA) is 26.0 Å². The largest absolute Gasteiger partial charge is 0.336 e. The Morgan fingerprint density at radius 3 is 2.20 bits per heavy atom. The molecule has 1 nitrogen and oxygen atoms in total. The lowest BCUT2D eigenvalue weighted by Gasteiger charge is -1.92. The van der Waals surface area contributed by atoms with Crippen molar-refractivity contribution in [2.45, 2.75) is 19.3 Å². The predicted octanol–water partition coefficient (Wildman–Crippen LogP) is -0.150. The molecule has 0 aliphatic rings. The highest BCUT2D eigenvalue weighted by Crippen LogP contribution is 1.71. The van der Waals surface area contributed by atoms with Gasteiger partial charge in [0.25, 0.3) is 0 Å². The molecule has 2 heteroatoms. The van der Waals surface area contributed by atoms with Gasteiger partial charge in [-0.1, -0.05) is 6.92 Å². The molecule has 2 N–H and O–H groups in total. The fraction of sp³-hybridized carbons (Fsp3) is 1.00. The average molecular weight is 68.9 g/mol. The molecule has 0 rings (SSSR count). The van der Waals surface area contributed by atoms with Gasteiger partial charge in [-0.3, -0.25) is 0 Å². The Morgan fingerprint density at radius 2 is 2.20 bits per heavy atom. The van der Waals surface area contributed by atoms with Crippen LogP contribution in [0.1, 0.15) is 13.3 Å². The van der Waals surface area contributed by atoms with E-state index in [1.54, 1.807) is 0 Å². The lowest BCUT2D eigenvalue weighted by atomic mass is 9.96. The second kappa shape index (κ2) is 2.27. The highest BCUT2D eigenvalue weighted by Gasteiger charge is 1.79. The molecular formula is C3H8BN. The monoisotopic (exact) mass is 69.1 g/mol. The predicted molar refractivity (Wildman–Crippen MR) is 24.0 cm³/mol. The smallest absolute Gasteiger partial charge is 0.0902 e. The van der Waals surface area contributed by atoms with Crippen molar-refractivity contribution < 1.29 is 0 Å². The van der Waals surface area contributed by atoms with Crippen LogP contribution in [-0.4, -0.2) is 13.8 Å². The maximum absolute atomic E-state index is 5.07. The summed E-state index contributed by atoms with van der Waals surface area (Å²) in [6.45, 7) is 1.95. The summed E-state index contributed by atoms with van der Waals surface area (Å²) in [5, 5.41) is 0. The summed E-state index contributed by atoms with van der Waals surface area (Å²) in [6.07, 6.45) is 0.861. The Hall–Kier alpha value is 0.0249. The van der Waals surface area contributed by atoms with Gasteiger partial charge >= 0.3 is 0 Å². The van der Waals surface area contributed by atoms with E-state index in [4.69, 9.17) is 13.6 Å². The standard InChI is InChI=1S/C3H8BN/c1-2-3(4)5/h3H,2,5H2,1H3/t3-/m0/s1. The number of hydrogen-bond donors (Lipinski definition) is 1. The molecule has 0 aliphatic heterocycles. The van der Waals surface area contributed by atoms with E-state index < -0.39 is 0 Å². The van der Waals surface area contributed by atoms with Crippen LogP contribution >= 0.6 is 0 Å². The minimum Gasteiger partial charge on any atom is -0.336 e. The summed E-state index contributed by atoms with van der Waals surface area (Å²) in [6, 6.07) is 0. The first-order valence-electron chi connectivity index (χ1n) is 1.78. The first kappa shape index (κ1) is 5.02. The van der Waals surface area contributed by atoms with E-state index in [0.29, 0.717) is 0 Å². The van der Waals surface area contributed by atoms with E-state index >= 15 is 0 Å². The third kappa shape index (κ3) is 4.02. The zero-order valence-corrected chi connectivity index (χ0v) is 3.44. The second-order valence-electron chi connectivity index (χ2n) is 1.07. The van der Waals surface area contributed by atoms with Gasteiger partial charge in [-0.2, -0.15) is 0 Å². The van der Waals surface area contributed by atoms with Gasteiger partial charge in [0.15, 0.2) is 0 Å². The van der Waals surface area contributed by atoms with Crippen molar-refractivity contribution in [2.75, 3.05) is 0 Å². The van der Waals surface area contributed by atoms with Crippen LogP contribution in [0.2, 0.25) is 0 Å². The molecule has 0 heterocycles. The van der Waals surface area contributed by atoms with Crippen molar-refractivity contribution in [2.24, 2.45) is 5.73 Å². The van der Waals surface area contributed by atoms with Crippen LogP contribution in [0, 0.1) is 0 Å². The van der Waals surface area contributed by atoms with Gasteiger partial charge in [0.1, 0.15) is 0 Å². The molecule has 0 aromatic carbocycles. The van der Waals surface area contributed by atoms with Crippen molar-refractivity contribution in [1.29, 1.82) is 0 Å². The van der Waals surface area contributed by atoms with E-state index in [1.807, 2.05) is 6.92 Å². The molecule has 0 aromatic rings. The number of rotatable bonds is 1. The molecule has 0 unspecified atom stereocenters. The van der Waals surface area contributed by atoms with Crippen LogP contribution in [0.15, 0.2) is 0 Å². The Bertz CT molecular complexity index is 20.9. The van der Waals surface area contributed by atoms with E-state index in [2.05, 4.69) is 0 Å². The Labute approximate surface area is 34.0 Å². The first-order valence-corrected chi connectivity index (χ1v) is 1.78. The normalized spacial score (nSPS) is 14.8. The van der Waals surface area contributed by atoms with E-state index in [1.165, 1.54) is 0 Å². The highest BCUT2D eigenvalue weighted by molar-refractivity contribution is 6.11. The van der Waals surface area contributed by atoms with E-state index in [9.17, 15) is 0 Å². The van der Waals surface area contributed by atoms with Crippen molar-refractivity contribution in [3.05, 3.63) is 0 Å². The second-order valence-corrected chi connectivity index (χ2v) is 1.07. The van der Waals surface area contributed by atoms with Crippen LogP contribution in [0.4, 0.5) is 0 Å². The fourth-order valence-corrected chi connectivity index (χ4v) is 0. The van der Waals surface area contributed by atoms with Gasteiger partial charge in [0.05, 0.1) is 7.85 Å². The zero-order valence-electron chi connectivity index (χ0n) is 3.44. The van der Waals surface area contributed by atoms with Gasteiger partial charge in [-0.15, -0.1) is 0 Å². The molecule has 0 amide bonds. The van der Waals surface area contributed by atoms with E-state index in [0.717, 1.165) is 6.42 Å². The lowest BCUT2D eigenvalue weighted by molar-refractivity contribution is 0.856. The minimum absolute atomic E-state index is 0.116. The van der Waals surface area contributed by atoms with Gasteiger partial charge in [-0.25, -0.2) is 0 Å². The van der Waals surface area contributed by atoms with Crippen LogP contribution in [-0.2, 0) is 0 Å². The van der Waals surface area contributed by atoms with Crippen LogP contribution < -0.4 is 5.73 Å². The molecule has 0 fully saturated rings. The maximum atomic E-state index is 5.07. The zero-order chi connectivity index (χ0) is 4.28. The summed E-state index contributed by atoms with van der Waals surface area (Å²) in [4.78, 5) is 0. The molecule has 2 radical (unpaired) electrons. The van der Waals surface area contributed by atoms with Crippen LogP contribution in [0.5, 0.6) is 0 Å². The highest BCUT2D eigenvalue weighted by atomic mass is 14.6. The molecule has 0 aliphatic carbocycles. The van der Waals surface area contributed by atoms with Crippen molar-refractivity contribution in [3.63, 3.8) is 0 Å². The van der Waals surface area contributed by atoms with Gasteiger partial charge in [0.2, 0.25) is 0 Å². The molecule has 5 heavy (non-hydrogen) atoms. The molecule has 0 aromatic heterocycles. The molecule has 0 saturated carbocycles. The van der Waals surface area contributed by atoms with Crippen molar-refractivity contribution in [3.8, 4) is 0 Å². The van der Waals surface area contributed by atoms with Crippen LogP contribution in [0.3, 0.4) is 0 Å². The van der Waals surface area contributed by atoms with Gasteiger partial charge in [-0.05, 0) is 12.4 Å². The van der Waals surface area contributed by atoms with Gasteiger partial charge < -0.3 is 5.73 Å². The minimum atomic E-state index is -0.116. The number of hydrogen-bond acceptors (Lipinski definition) is 1. The summed E-state index contributed by atoms with van der Waals surface area (Å²) in [5.74, 6) is -0.116. The maximum Gasteiger partial charge on any atom is 0.0902 e. The molecule has 0 bridgehead atoms. The molecule has 28 valence electrons. The lowest BCUT2D eigenvalue weighted by Crippen LogP contribution is -2.17. The molecule has 0 saturated heterocycles. The molecular weight excluding hydrogens is 60.9 g/mol. The van der Waals surface area contributed by atoms with Crippen LogP contribution in [0.25, 0.3) is 0 Å². The quantitative estimate of drug-likeness (QED) is 0.425. The Morgan fingerprint density at radius 1 is 2.00 bits per heavy atom. The molecule has 1 atom stereocenters. The van der Waals surface area contributed by atoms with Crippen molar-refractivity contribution >= 4 is 7.85 Å². The summed E-state index contributed by atoms with van der Waals surface area (Å²) in [5.41, 5.74) is 5.07. The third-order valence-electron chi connectivity index (χ3n) is 0.471. The summed E-state index contributed by atoms with van der Waals surface area (Å²) in [7, 11) is 5.07. The average Bonchev–Trinajstić information content (AvgIpc) is 1.38. The summed E-state index contributed by atoms with van der Waals surface area (Å²) >= 11 is 0.